The van der Waals surface area contributed by atoms with Crippen molar-refractivity contribution < 1.29 is 9.50 Å². The molecule has 0 fully saturated rings. The summed E-state index contributed by atoms with van der Waals surface area (Å²) in [5, 5.41) is 10.7. The number of hydrogen-bond donors (Lipinski definition) is 0. The van der Waals surface area contributed by atoms with Crippen molar-refractivity contribution in [3.05, 3.63) is 29.8 Å². The highest BCUT2D eigenvalue weighted by Crippen LogP contribution is 2.12. The van der Waals surface area contributed by atoms with Gasteiger partial charge in [-0.2, -0.15) is 0 Å². The second-order valence-corrected chi connectivity index (χ2v) is 2.79. The van der Waals surface area contributed by atoms with Crippen LogP contribution in [0.5, 0.6) is 5.75 Å². The molecule has 1 aromatic rings. The Morgan fingerprint density at radius 3 is 2.33 bits per heavy atom. The lowest BCUT2D eigenvalue weighted by atomic mass is 10.1. The third-order valence-corrected chi connectivity index (χ3v) is 1.77. The molecular weight excluding hydrogens is 155 g/mol. The maximum absolute atomic E-state index is 11.7. The molecule has 0 aliphatic rings. The van der Waals surface area contributed by atoms with Crippen LogP contribution in [0.25, 0.3) is 0 Å². The lowest BCUT2D eigenvalue weighted by Gasteiger charge is -1.98. The smallest absolute Gasteiger partial charge is 0.178 e. The van der Waals surface area contributed by atoms with Gasteiger partial charge in [0, 0.05) is 0 Å². The summed E-state index contributed by atoms with van der Waals surface area (Å²) < 4.78 is 11.7. The van der Waals surface area contributed by atoms with Gasteiger partial charge in [-0.25, -0.2) is 0 Å². The zero-order valence-corrected chi connectivity index (χ0v) is 6.92. The number of alkyl halides is 1. The summed E-state index contributed by atoms with van der Waals surface area (Å²) in [5.41, 5.74) is 1.11. The van der Waals surface area contributed by atoms with Crippen LogP contribution >= 0.6 is 0 Å². The van der Waals surface area contributed by atoms with E-state index in [4.69, 9.17) is 0 Å². The summed E-state index contributed by atoms with van der Waals surface area (Å²) in [4.78, 5) is 0. The molecule has 0 bridgehead atoms. The van der Waals surface area contributed by atoms with Gasteiger partial charge in [-0.3, -0.25) is 9.50 Å². The number of hydrogen-bond acceptors (Lipinski definition) is 0. The molecule has 0 saturated heterocycles. The van der Waals surface area contributed by atoms with Gasteiger partial charge in [0.15, 0.2) is 5.75 Å². The van der Waals surface area contributed by atoms with Crippen LogP contribution in [0.4, 0.5) is 4.39 Å². The molecule has 0 heterocycles. The Morgan fingerprint density at radius 1 is 1.08 bits per heavy atom. The first-order valence-electron chi connectivity index (χ1n) is 4.15. The average molecular weight is 167 g/mol. The van der Waals surface area contributed by atoms with E-state index in [2.05, 4.69) is 0 Å². The van der Waals surface area contributed by atoms with E-state index in [1.165, 1.54) is 0 Å². The molecule has 1 rings (SSSR count). The molecule has 0 N–H and O–H groups in total. The molecule has 2 heteroatoms. The van der Waals surface area contributed by atoms with Gasteiger partial charge < -0.3 is 0 Å². The molecule has 65 valence electrons. The van der Waals surface area contributed by atoms with Gasteiger partial charge in [0.2, 0.25) is 0 Å². The summed E-state index contributed by atoms with van der Waals surface area (Å²) in [6.45, 7) is -0.250. The highest BCUT2D eigenvalue weighted by molar-refractivity contribution is 5.25. The van der Waals surface area contributed by atoms with Crippen molar-refractivity contribution in [2.45, 2.75) is 19.3 Å². The topological polar surface area (TPSA) is 19.9 Å². The van der Waals surface area contributed by atoms with Crippen LogP contribution in [0.2, 0.25) is 0 Å². The first kappa shape index (κ1) is 9.04. The lowest BCUT2D eigenvalue weighted by Crippen LogP contribution is -1.85. The van der Waals surface area contributed by atoms with E-state index in [1.54, 1.807) is 24.3 Å². The molecule has 0 aliphatic heterocycles. The SMILES string of the molecule is [O]c1ccc(CCCCF)cc1. The summed E-state index contributed by atoms with van der Waals surface area (Å²) >= 11 is 0. The van der Waals surface area contributed by atoms with Crippen molar-refractivity contribution in [2.75, 3.05) is 6.67 Å². The molecule has 0 unspecified atom stereocenters. The fourth-order valence-corrected chi connectivity index (χ4v) is 1.08. The summed E-state index contributed by atoms with van der Waals surface area (Å²) in [6, 6.07) is 6.71. The molecule has 1 nitrogen and oxygen atoms in total. The standard InChI is InChI=1S/C10H12FO/c11-8-2-1-3-9-4-6-10(12)7-5-9/h4-7H,1-3,8H2. The Balaban J connectivity index is 2.37. The predicted molar refractivity (Wildman–Crippen MR) is 45.5 cm³/mol. The molecule has 0 atom stereocenters. The maximum Gasteiger partial charge on any atom is 0.178 e. The number of unbranched alkanes of at least 4 members (excludes halogenated alkanes) is 1. The third kappa shape index (κ3) is 2.91. The predicted octanol–water partition coefficient (Wildman–Crippen LogP) is 3.12. The maximum atomic E-state index is 11.7. The zero-order valence-electron chi connectivity index (χ0n) is 6.92. The van der Waals surface area contributed by atoms with E-state index in [-0.39, 0.29) is 12.4 Å². The van der Waals surface area contributed by atoms with E-state index >= 15 is 0 Å². The lowest BCUT2D eigenvalue weighted by molar-refractivity contribution is 0.354. The van der Waals surface area contributed by atoms with Gasteiger partial charge >= 0.3 is 0 Å². The first-order valence-corrected chi connectivity index (χ1v) is 4.15. The van der Waals surface area contributed by atoms with Gasteiger partial charge in [-0.1, -0.05) is 12.1 Å². The Labute approximate surface area is 71.9 Å². The molecule has 0 spiro atoms. The number of aryl methyl sites for hydroxylation is 1. The van der Waals surface area contributed by atoms with E-state index < -0.39 is 0 Å². The summed E-state index contributed by atoms with van der Waals surface area (Å²) in [7, 11) is 0. The molecule has 0 saturated carbocycles. The number of benzene rings is 1. The van der Waals surface area contributed by atoms with Crippen LogP contribution in [0.3, 0.4) is 0 Å². The quantitative estimate of drug-likeness (QED) is 0.614. The van der Waals surface area contributed by atoms with Crippen LogP contribution in [0.1, 0.15) is 18.4 Å². The van der Waals surface area contributed by atoms with Crippen LogP contribution in [0.15, 0.2) is 24.3 Å². The van der Waals surface area contributed by atoms with Crippen LogP contribution in [0, 0.1) is 0 Å². The number of halogens is 1. The fourth-order valence-electron chi connectivity index (χ4n) is 1.08. The van der Waals surface area contributed by atoms with Crippen molar-refractivity contribution in [3.8, 4) is 5.75 Å². The molecule has 0 amide bonds. The molecular formula is C10H12FO. The van der Waals surface area contributed by atoms with Crippen LogP contribution < -0.4 is 0 Å². The van der Waals surface area contributed by atoms with Gasteiger partial charge in [-0.15, -0.1) is 0 Å². The van der Waals surface area contributed by atoms with Crippen molar-refractivity contribution in [3.63, 3.8) is 0 Å². The van der Waals surface area contributed by atoms with Gasteiger partial charge in [0.25, 0.3) is 0 Å². The Kier molecular flexibility index (Phi) is 3.58. The van der Waals surface area contributed by atoms with E-state index in [0.717, 1.165) is 18.4 Å². The minimum atomic E-state index is -0.250. The van der Waals surface area contributed by atoms with E-state index in [1.807, 2.05) is 0 Å². The summed E-state index contributed by atoms with van der Waals surface area (Å²) in [5.74, 6) is 0.0317. The zero-order chi connectivity index (χ0) is 8.81. The Morgan fingerprint density at radius 2 is 1.75 bits per heavy atom. The van der Waals surface area contributed by atoms with E-state index in [0.29, 0.717) is 6.42 Å². The Bertz CT molecular complexity index is 218. The van der Waals surface area contributed by atoms with Gasteiger partial charge in [-0.05, 0) is 37.0 Å². The van der Waals surface area contributed by atoms with Crippen molar-refractivity contribution >= 4 is 0 Å². The highest BCUT2D eigenvalue weighted by atomic mass is 19.1. The molecule has 0 aromatic heterocycles. The first-order chi connectivity index (χ1) is 5.83. The fraction of sp³-hybridized carbons (Fsp3) is 0.400. The summed E-state index contributed by atoms with van der Waals surface area (Å²) in [6.07, 6.45) is 2.33. The average Bonchev–Trinajstić information content (AvgIpc) is 2.09. The minimum Gasteiger partial charge on any atom is -0.290 e. The largest absolute Gasteiger partial charge is 0.290 e. The Hall–Kier alpha value is -1.05. The molecule has 1 radical (unpaired) electrons. The minimum absolute atomic E-state index is 0.0317. The molecule has 0 aliphatic carbocycles. The monoisotopic (exact) mass is 167 g/mol. The van der Waals surface area contributed by atoms with Gasteiger partial charge in [0.05, 0.1) is 6.67 Å². The van der Waals surface area contributed by atoms with E-state index in [9.17, 15) is 9.50 Å². The number of rotatable bonds is 4. The van der Waals surface area contributed by atoms with Crippen molar-refractivity contribution in [2.24, 2.45) is 0 Å². The third-order valence-electron chi connectivity index (χ3n) is 1.77. The van der Waals surface area contributed by atoms with Crippen LogP contribution in [-0.4, -0.2) is 6.67 Å². The van der Waals surface area contributed by atoms with Crippen molar-refractivity contribution in [1.29, 1.82) is 0 Å². The molecule has 12 heavy (non-hydrogen) atoms. The second kappa shape index (κ2) is 4.75. The molecule has 1 aromatic carbocycles. The van der Waals surface area contributed by atoms with Crippen LogP contribution in [-0.2, 0) is 11.5 Å². The second-order valence-electron chi connectivity index (χ2n) is 2.79. The van der Waals surface area contributed by atoms with Crippen molar-refractivity contribution in [1.82, 2.24) is 0 Å². The highest BCUT2D eigenvalue weighted by Gasteiger charge is 1.94. The van der Waals surface area contributed by atoms with Gasteiger partial charge in [0.1, 0.15) is 0 Å². The normalized spacial score (nSPS) is 10.1.